The molecule has 1 aromatic carbocycles. The molecule has 0 bridgehead atoms. The van der Waals surface area contributed by atoms with E-state index in [2.05, 4.69) is 0 Å². The number of rotatable bonds is 5. The molecule has 132 valence electrons. The highest BCUT2D eigenvalue weighted by Crippen LogP contribution is 2.32. The SMILES string of the molecule is O=C(/C=C/c1cccn(CCc2ccccc2C(F)(F)F)c1=O)NO. The Labute approximate surface area is 141 Å². The fourth-order valence-electron chi connectivity index (χ4n) is 2.32. The van der Waals surface area contributed by atoms with Gasteiger partial charge >= 0.3 is 6.18 Å². The van der Waals surface area contributed by atoms with E-state index in [0.29, 0.717) is 0 Å². The summed E-state index contributed by atoms with van der Waals surface area (Å²) in [6.45, 7) is 0.0554. The lowest BCUT2D eigenvalue weighted by Gasteiger charge is -2.13. The van der Waals surface area contributed by atoms with Crippen LogP contribution in [0, 0.1) is 0 Å². The highest BCUT2D eigenvalue weighted by Gasteiger charge is 2.32. The number of halogens is 3. The van der Waals surface area contributed by atoms with Crippen LogP contribution in [0.1, 0.15) is 16.7 Å². The minimum absolute atomic E-state index is 0.0277. The average Bonchev–Trinajstić information content (AvgIpc) is 2.59. The van der Waals surface area contributed by atoms with E-state index in [1.54, 1.807) is 6.07 Å². The zero-order chi connectivity index (χ0) is 18.4. The number of nitrogens with one attached hydrogen (secondary N) is 1. The van der Waals surface area contributed by atoms with Crippen molar-refractivity contribution in [3.63, 3.8) is 0 Å². The van der Waals surface area contributed by atoms with Crippen LogP contribution in [0.3, 0.4) is 0 Å². The van der Waals surface area contributed by atoms with Crippen LogP contribution in [0.2, 0.25) is 0 Å². The number of benzene rings is 1. The second-order valence-electron chi connectivity index (χ2n) is 5.18. The van der Waals surface area contributed by atoms with Crippen molar-refractivity contribution in [3.05, 3.63) is 75.7 Å². The third-order valence-corrected chi connectivity index (χ3v) is 3.52. The van der Waals surface area contributed by atoms with Gasteiger partial charge in [-0.05, 0) is 36.3 Å². The fraction of sp³-hybridized carbons (Fsp3) is 0.176. The molecule has 0 aliphatic rings. The Bertz CT molecular complexity index is 842. The lowest BCUT2D eigenvalue weighted by Crippen LogP contribution is -2.23. The summed E-state index contributed by atoms with van der Waals surface area (Å²) in [5.41, 5.74) is 0.497. The van der Waals surface area contributed by atoms with Gasteiger partial charge in [0.2, 0.25) is 0 Å². The Morgan fingerprint density at radius 3 is 2.60 bits per heavy atom. The largest absolute Gasteiger partial charge is 0.416 e. The Morgan fingerprint density at radius 2 is 1.92 bits per heavy atom. The van der Waals surface area contributed by atoms with Crippen molar-refractivity contribution in [2.75, 3.05) is 0 Å². The van der Waals surface area contributed by atoms with Crippen LogP contribution in [0.15, 0.2) is 53.5 Å². The zero-order valence-electron chi connectivity index (χ0n) is 13.0. The Morgan fingerprint density at radius 1 is 1.20 bits per heavy atom. The fourth-order valence-corrected chi connectivity index (χ4v) is 2.32. The lowest BCUT2D eigenvalue weighted by atomic mass is 10.0. The van der Waals surface area contributed by atoms with Crippen molar-refractivity contribution < 1.29 is 23.2 Å². The van der Waals surface area contributed by atoms with Gasteiger partial charge in [-0.3, -0.25) is 14.8 Å². The Hall–Kier alpha value is -2.87. The second-order valence-corrected chi connectivity index (χ2v) is 5.18. The minimum atomic E-state index is -4.45. The first kappa shape index (κ1) is 18.5. The maximum absolute atomic E-state index is 13.0. The third kappa shape index (κ3) is 4.80. The van der Waals surface area contributed by atoms with Crippen LogP contribution in [-0.4, -0.2) is 15.7 Å². The van der Waals surface area contributed by atoms with E-state index >= 15 is 0 Å². The first-order valence-corrected chi connectivity index (χ1v) is 7.29. The van der Waals surface area contributed by atoms with Crippen LogP contribution in [-0.2, 0) is 23.9 Å². The maximum Gasteiger partial charge on any atom is 0.416 e. The predicted molar refractivity (Wildman–Crippen MR) is 84.8 cm³/mol. The Kier molecular flexibility index (Phi) is 5.76. The summed E-state index contributed by atoms with van der Waals surface area (Å²) in [6, 6.07) is 8.22. The second kappa shape index (κ2) is 7.80. The number of hydroxylamine groups is 1. The normalized spacial score (nSPS) is 11.7. The van der Waals surface area contributed by atoms with Gasteiger partial charge in [0.25, 0.3) is 11.5 Å². The van der Waals surface area contributed by atoms with Gasteiger partial charge in [0.05, 0.1) is 5.56 Å². The van der Waals surface area contributed by atoms with E-state index in [9.17, 15) is 22.8 Å². The summed E-state index contributed by atoms with van der Waals surface area (Å²) in [4.78, 5) is 23.2. The van der Waals surface area contributed by atoms with Crippen LogP contribution in [0.5, 0.6) is 0 Å². The number of hydrogen-bond acceptors (Lipinski definition) is 3. The molecule has 1 heterocycles. The van der Waals surface area contributed by atoms with Gasteiger partial charge in [-0.25, -0.2) is 5.48 Å². The Balaban J connectivity index is 2.22. The number of aryl methyl sites for hydroxylation is 2. The molecular weight excluding hydrogens is 337 g/mol. The number of carbonyl (C=O) groups excluding carboxylic acids is 1. The van der Waals surface area contributed by atoms with Gasteiger partial charge in [-0.2, -0.15) is 13.2 Å². The highest BCUT2D eigenvalue weighted by molar-refractivity contribution is 5.90. The highest BCUT2D eigenvalue weighted by atomic mass is 19.4. The molecule has 0 aliphatic carbocycles. The van der Waals surface area contributed by atoms with E-state index in [-0.39, 0.29) is 24.1 Å². The van der Waals surface area contributed by atoms with Crippen LogP contribution in [0.25, 0.3) is 6.08 Å². The van der Waals surface area contributed by atoms with Crippen molar-refractivity contribution in [2.24, 2.45) is 0 Å². The van der Waals surface area contributed by atoms with Crippen LogP contribution in [0.4, 0.5) is 13.2 Å². The number of carbonyl (C=O) groups is 1. The van der Waals surface area contributed by atoms with Gasteiger partial charge < -0.3 is 4.57 Å². The number of pyridine rings is 1. The van der Waals surface area contributed by atoms with E-state index in [1.807, 2.05) is 0 Å². The zero-order valence-corrected chi connectivity index (χ0v) is 13.0. The molecule has 5 nitrogen and oxygen atoms in total. The number of hydrogen-bond donors (Lipinski definition) is 2. The summed E-state index contributed by atoms with van der Waals surface area (Å²) < 4.78 is 40.2. The standard InChI is InChI=1S/C17H15F3N2O3/c18-17(19,20)14-6-2-1-4-12(14)9-11-22-10-3-5-13(16(22)24)7-8-15(23)21-25/h1-8,10,25H,9,11H2,(H,21,23)/b8-7+. The predicted octanol–water partition coefficient (Wildman–Crippen LogP) is 2.63. The van der Waals surface area contributed by atoms with Gasteiger partial charge in [-0.15, -0.1) is 0 Å². The third-order valence-electron chi connectivity index (χ3n) is 3.52. The number of aromatic nitrogens is 1. The first-order chi connectivity index (χ1) is 11.8. The lowest BCUT2D eigenvalue weighted by molar-refractivity contribution is -0.138. The molecule has 0 radical (unpaired) electrons. The molecule has 0 fully saturated rings. The summed E-state index contributed by atoms with van der Waals surface area (Å²) >= 11 is 0. The van der Waals surface area contributed by atoms with Crippen molar-refractivity contribution in [2.45, 2.75) is 19.1 Å². The summed E-state index contributed by atoms with van der Waals surface area (Å²) in [5.74, 6) is -0.797. The maximum atomic E-state index is 13.0. The van der Waals surface area contributed by atoms with Gasteiger partial charge in [0, 0.05) is 24.4 Å². The molecule has 25 heavy (non-hydrogen) atoms. The monoisotopic (exact) mass is 352 g/mol. The van der Waals surface area contributed by atoms with E-state index in [1.165, 1.54) is 46.6 Å². The van der Waals surface area contributed by atoms with E-state index in [4.69, 9.17) is 5.21 Å². The van der Waals surface area contributed by atoms with Gasteiger partial charge in [-0.1, -0.05) is 18.2 Å². The quantitative estimate of drug-likeness (QED) is 0.494. The molecule has 0 aliphatic heterocycles. The molecule has 0 saturated heterocycles. The molecule has 2 rings (SSSR count). The van der Waals surface area contributed by atoms with E-state index in [0.717, 1.165) is 12.1 Å². The van der Waals surface area contributed by atoms with Crippen molar-refractivity contribution in [1.82, 2.24) is 10.0 Å². The number of amides is 1. The molecular formula is C17H15F3N2O3. The van der Waals surface area contributed by atoms with Crippen LogP contribution >= 0.6 is 0 Å². The number of alkyl halides is 3. The van der Waals surface area contributed by atoms with E-state index < -0.39 is 23.2 Å². The van der Waals surface area contributed by atoms with Gasteiger partial charge in [0.15, 0.2) is 0 Å². The molecule has 8 heteroatoms. The molecule has 0 saturated carbocycles. The molecule has 0 spiro atoms. The summed E-state index contributed by atoms with van der Waals surface area (Å²) in [7, 11) is 0. The minimum Gasteiger partial charge on any atom is -0.315 e. The molecule has 1 aromatic heterocycles. The average molecular weight is 352 g/mol. The van der Waals surface area contributed by atoms with Crippen molar-refractivity contribution >= 4 is 12.0 Å². The topological polar surface area (TPSA) is 71.3 Å². The number of nitrogens with zero attached hydrogens (tertiary/aromatic N) is 1. The molecule has 1 amide bonds. The molecule has 2 N–H and O–H groups in total. The first-order valence-electron chi connectivity index (χ1n) is 7.29. The smallest absolute Gasteiger partial charge is 0.315 e. The van der Waals surface area contributed by atoms with Gasteiger partial charge in [0.1, 0.15) is 0 Å². The molecule has 0 atom stereocenters. The summed E-state index contributed by atoms with van der Waals surface area (Å²) in [6.07, 6.45) is -0.778. The van der Waals surface area contributed by atoms with Crippen molar-refractivity contribution in [1.29, 1.82) is 0 Å². The van der Waals surface area contributed by atoms with Crippen LogP contribution < -0.4 is 11.0 Å². The molecule has 0 unspecified atom stereocenters. The molecule has 2 aromatic rings. The van der Waals surface area contributed by atoms with Crippen molar-refractivity contribution in [3.8, 4) is 0 Å². The summed E-state index contributed by atoms with van der Waals surface area (Å²) in [5, 5.41) is 8.41.